The largest absolute Gasteiger partial charge is 0.391 e. The van der Waals surface area contributed by atoms with Crippen molar-refractivity contribution in [3.8, 4) is 0 Å². The van der Waals surface area contributed by atoms with Crippen molar-refractivity contribution >= 4 is 5.69 Å². The lowest BCUT2D eigenvalue weighted by molar-refractivity contribution is 0.182. The monoisotopic (exact) mass is 255 g/mol. The average molecular weight is 255 g/mol. The highest BCUT2D eigenvalue weighted by atomic mass is 16.3. The second kappa shape index (κ2) is 6.39. The molecule has 0 aliphatic carbocycles. The molecule has 0 radical (unpaired) electrons. The maximum Gasteiger partial charge on any atom is 0.0755 e. The summed E-state index contributed by atoms with van der Waals surface area (Å²) < 4.78 is 0. The zero-order chi connectivity index (χ0) is 13.7. The van der Waals surface area contributed by atoms with Crippen LogP contribution in [0.15, 0.2) is 54.6 Å². The molecule has 1 atom stereocenters. The molecular formula is C17H21NO. The van der Waals surface area contributed by atoms with E-state index in [-0.39, 0.29) is 6.10 Å². The van der Waals surface area contributed by atoms with Crippen LogP contribution in [0, 0.1) is 6.92 Å². The van der Waals surface area contributed by atoms with Gasteiger partial charge in [-0.2, -0.15) is 0 Å². The molecule has 19 heavy (non-hydrogen) atoms. The predicted octanol–water partition coefficient (Wildman–Crippen LogP) is 3.03. The van der Waals surface area contributed by atoms with Crippen LogP contribution >= 0.6 is 0 Å². The molecule has 0 aliphatic heterocycles. The number of benzene rings is 2. The number of rotatable bonds is 5. The van der Waals surface area contributed by atoms with Crippen LogP contribution in [-0.2, 0) is 6.42 Å². The van der Waals surface area contributed by atoms with Crippen molar-refractivity contribution in [2.75, 3.05) is 18.5 Å². The van der Waals surface area contributed by atoms with E-state index in [1.165, 1.54) is 11.1 Å². The van der Waals surface area contributed by atoms with Gasteiger partial charge in [0.1, 0.15) is 0 Å². The van der Waals surface area contributed by atoms with E-state index in [9.17, 15) is 5.11 Å². The molecule has 0 spiro atoms. The highest BCUT2D eigenvalue weighted by Crippen LogP contribution is 2.14. The van der Waals surface area contributed by atoms with Gasteiger partial charge < -0.3 is 10.0 Å². The van der Waals surface area contributed by atoms with Crippen molar-refractivity contribution < 1.29 is 5.11 Å². The van der Waals surface area contributed by atoms with Gasteiger partial charge in [-0.05, 0) is 24.6 Å². The quantitative estimate of drug-likeness (QED) is 0.887. The van der Waals surface area contributed by atoms with Crippen molar-refractivity contribution in [1.82, 2.24) is 0 Å². The van der Waals surface area contributed by atoms with Gasteiger partial charge >= 0.3 is 0 Å². The summed E-state index contributed by atoms with van der Waals surface area (Å²) in [7, 11) is 2.01. The van der Waals surface area contributed by atoms with Crippen LogP contribution in [0.1, 0.15) is 11.1 Å². The van der Waals surface area contributed by atoms with Gasteiger partial charge in [-0.1, -0.05) is 48.0 Å². The standard InChI is InChI=1S/C17H21NO/c1-14-8-10-16(11-9-14)18(2)13-17(19)12-15-6-4-3-5-7-15/h3-11,17,19H,12-13H2,1-2H3. The second-order valence-electron chi connectivity index (χ2n) is 5.06. The minimum absolute atomic E-state index is 0.353. The van der Waals surface area contributed by atoms with E-state index >= 15 is 0 Å². The van der Waals surface area contributed by atoms with Gasteiger partial charge in [-0.15, -0.1) is 0 Å². The fourth-order valence-electron chi connectivity index (χ4n) is 2.17. The Hall–Kier alpha value is -1.80. The van der Waals surface area contributed by atoms with E-state index in [0.29, 0.717) is 13.0 Å². The molecule has 0 aromatic heterocycles. The van der Waals surface area contributed by atoms with E-state index in [1.54, 1.807) is 0 Å². The Morgan fingerprint density at radius 3 is 2.26 bits per heavy atom. The zero-order valence-corrected chi connectivity index (χ0v) is 11.6. The van der Waals surface area contributed by atoms with Gasteiger partial charge in [0.25, 0.3) is 0 Å². The van der Waals surface area contributed by atoms with Crippen LogP contribution in [0.4, 0.5) is 5.69 Å². The molecule has 0 fully saturated rings. The highest BCUT2D eigenvalue weighted by Gasteiger charge is 2.09. The summed E-state index contributed by atoms with van der Waals surface area (Å²) in [6, 6.07) is 18.5. The number of hydrogen-bond donors (Lipinski definition) is 1. The van der Waals surface area contributed by atoms with Gasteiger partial charge in [0.05, 0.1) is 6.10 Å². The number of aliphatic hydroxyl groups is 1. The molecular weight excluding hydrogens is 234 g/mol. The molecule has 2 rings (SSSR count). The second-order valence-corrected chi connectivity index (χ2v) is 5.06. The van der Waals surface area contributed by atoms with Crippen LogP contribution in [0.2, 0.25) is 0 Å². The van der Waals surface area contributed by atoms with E-state index in [0.717, 1.165) is 5.69 Å². The molecule has 0 bridgehead atoms. The first kappa shape index (κ1) is 13.6. The topological polar surface area (TPSA) is 23.5 Å². The Labute approximate surface area is 115 Å². The summed E-state index contributed by atoms with van der Waals surface area (Å²) >= 11 is 0. The van der Waals surface area contributed by atoms with Gasteiger partial charge in [0.15, 0.2) is 0 Å². The lowest BCUT2D eigenvalue weighted by Crippen LogP contribution is -2.30. The highest BCUT2D eigenvalue weighted by molar-refractivity contribution is 5.46. The molecule has 100 valence electrons. The Balaban J connectivity index is 1.91. The molecule has 2 nitrogen and oxygen atoms in total. The van der Waals surface area contributed by atoms with Gasteiger partial charge in [0, 0.05) is 25.7 Å². The third kappa shape index (κ3) is 4.11. The first-order valence-electron chi connectivity index (χ1n) is 6.65. The lowest BCUT2D eigenvalue weighted by atomic mass is 10.1. The third-order valence-electron chi connectivity index (χ3n) is 3.27. The fraction of sp³-hybridized carbons (Fsp3) is 0.294. The maximum atomic E-state index is 10.1. The molecule has 2 heteroatoms. The predicted molar refractivity (Wildman–Crippen MR) is 80.6 cm³/mol. The summed E-state index contributed by atoms with van der Waals surface area (Å²) in [6.45, 7) is 2.71. The summed E-state index contributed by atoms with van der Waals surface area (Å²) in [5, 5.41) is 10.1. The molecule has 2 aromatic rings. The number of aliphatic hydroxyl groups excluding tert-OH is 1. The zero-order valence-electron chi connectivity index (χ0n) is 11.6. The number of aryl methyl sites for hydroxylation is 1. The van der Waals surface area contributed by atoms with Crippen LogP contribution in [-0.4, -0.2) is 24.8 Å². The van der Waals surface area contributed by atoms with E-state index in [2.05, 4.69) is 48.2 Å². The normalized spacial score (nSPS) is 12.2. The number of likely N-dealkylation sites (N-methyl/N-ethyl adjacent to an activating group) is 1. The van der Waals surface area contributed by atoms with Crippen LogP contribution in [0.3, 0.4) is 0 Å². The van der Waals surface area contributed by atoms with Gasteiger partial charge in [-0.3, -0.25) is 0 Å². The van der Waals surface area contributed by atoms with Crippen LogP contribution in [0.25, 0.3) is 0 Å². The molecule has 2 aromatic carbocycles. The van der Waals surface area contributed by atoms with Crippen molar-refractivity contribution in [2.45, 2.75) is 19.4 Å². The Kier molecular flexibility index (Phi) is 4.58. The van der Waals surface area contributed by atoms with Crippen molar-refractivity contribution in [2.24, 2.45) is 0 Å². The molecule has 0 amide bonds. The Bertz CT molecular complexity index is 492. The number of hydrogen-bond acceptors (Lipinski definition) is 2. The van der Waals surface area contributed by atoms with E-state index in [1.807, 2.05) is 25.2 Å². The lowest BCUT2D eigenvalue weighted by Gasteiger charge is -2.23. The minimum atomic E-state index is -0.353. The first-order valence-corrected chi connectivity index (χ1v) is 6.65. The summed E-state index contributed by atoms with van der Waals surface area (Å²) in [4.78, 5) is 2.09. The minimum Gasteiger partial charge on any atom is -0.391 e. The Morgan fingerprint density at radius 2 is 1.63 bits per heavy atom. The molecule has 0 saturated heterocycles. The molecule has 0 aliphatic rings. The molecule has 1 unspecified atom stereocenters. The van der Waals surface area contributed by atoms with Crippen LogP contribution < -0.4 is 4.90 Å². The van der Waals surface area contributed by atoms with Gasteiger partial charge in [-0.25, -0.2) is 0 Å². The molecule has 0 saturated carbocycles. The van der Waals surface area contributed by atoms with Crippen molar-refractivity contribution in [3.63, 3.8) is 0 Å². The first-order chi connectivity index (χ1) is 9.15. The maximum absolute atomic E-state index is 10.1. The summed E-state index contributed by atoms with van der Waals surface area (Å²) in [5.74, 6) is 0. The van der Waals surface area contributed by atoms with Gasteiger partial charge in [0.2, 0.25) is 0 Å². The van der Waals surface area contributed by atoms with E-state index in [4.69, 9.17) is 0 Å². The van der Waals surface area contributed by atoms with Crippen LogP contribution in [0.5, 0.6) is 0 Å². The Morgan fingerprint density at radius 1 is 1.00 bits per heavy atom. The number of anilines is 1. The molecule has 1 N–H and O–H groups in total. The average Bonchev–Trinajstić information content (AvgIpc) is 2.40. The summed E-state index contributed by atoms with van der Waals surface area (Å²) in [6.07, 6.45) is 0.338. The molecule has 0 heterocycles. The van der Waals surface area contributed by atoms with Crippen molar-refractivity contribution in [3.05, 3.63) is 65.7 Å². The fourth-order valence-corrected chi connectivity index (χ4v) is 2.17. The summed E-state index contributed by atoms with van der Waals surface area (Å²) in [5.41, 5.74) is 3.56. The third-order valence-corrected chi connectivity index (χ3v) is 3.27. The number of nitrogens with zero attached hydrogens (tertiary/aromatic N) is 1. The SMILES string of the molecule is Cc1ccc(N(C)CC(O)Cc2ccccc2)cc1. The smallest absolute Gasteiger partial charge is 0.0755 e. The van der Waals surface area contributed by atoms with Crippen molar-refractivity contribution in [1.29, 1.82) is 0 Å². The van der Waals surface area contributed by atoms with E-state index < -0.39 is 0 Å².